The summed E-state index contributed by atoms with van der Waals surface area (Å²) in [5.74, 6) is 0.296. The predicted molar refractivity (Wildman–Crippen MR) is 85.4 cm³/mol. The molecule has 0 radical (unpaired) electrons. The van der Waals surface area contributed by atoms with Crippen LogP contribution in [-0.4, -0.2) is 17.3 Å². The lowest BCUT2D eigenvalue weighted by atomic mass is 9.72. The van der Waals surface area contributed by atoms with Crippen molar-refractivity contribution in [1.82, 2.24) is 0 Å². The van der Waals surface area contributed by atoms with Gasteiger partial charge in [-0.1, -0.05) is 36.6 Å². The third kappa shape index (κ3) is 2.76. The minimum atomic E-state index is -0.754. The maximum absolute atomic E-state index is 11.3. The molecule has 1 aromatic rings. The molecule has 116 valence electrons. The highest BCUT2D eigenvalue weighted by Crippen LogP contribution is 2.47. The van der Waals surface area contributed by atoms with E-state index in [-0.39, 0.29) is 5.60 Å². The van der Waals surface area contributed by atoms with E-state index in [4.69, 9.17) is 4.74 Å². The van der Waals surface area contributed by atoms with E-state index in [9.17, 15) is 5.11 Å². The average Bonchev–Trinajstić information content (AvgIpc) is 2.89. The second kappa shape index (κ2) is 5.40. The first-order valence-electron chi connectivity index (χ1n) is 8.37. The van der Waals surface area contributed by atoms with E-state index in [1.165, 1.54) is 36.8 Å². The lowest BCUT2D eigenvalue weighted by Crippen LogP contribution is -2.45. The fraction of sp³-hybridized carbons (Fsp3) is 0.684. The maximum Gasteiger partial charge on any atom is 0.0901 e. The molecule has 1 aliphatic heterocycles. The van der Waals surface area contributed by atoms with Gasteiger partial charge in [0, 0.05) is 6.61 Å². The highest BCUT2D eigenvalue weighted by Gasteiger charge is 2.46. The van der Waals surface area contributed by atoms with Crippen molar-refractivity contribution in [2.75, 3.05) is 6.61 Å². The number of hydrogen-bond acceptors (Lipinski definition) is 2. The lowest BCUT2D eigenvalue weighted by Gasteiger charge is -2.44. The van der Waals surface area contributed by atoms with E-state index in [1.807, 2.05) is 6.92 Å². The van der Waals surface area contributed by atoms with E-state index in [0.29, 0.717) is 5.92 Å². The van der Waals surface area contributed by atoms with E-state index in [2.05, 4.69) is 32.0 Å². The monoisotopic (exact) mass is 288 g/mol. The van der Waals surface area contributed by atoms with Crippen molar-refractivity contribution in [3.05, 3.63) is 34.9 Å². The van der Waals surface area contributed by atoms with Crippen molar-refractivity contribution in [3.63, 3.8) is 0 Å². The normalized spacial score (nSPS) is 27.7. The van der Waals surface area contributed by atoms with Gasteiger partial charge in [-0.15, -0.1) is 0 Å². The molecule has 2 nitrogen and oxygen atoms in total. The Morgan fingerprint density at radius 1 is 1.24 bits per heavy atom. The first-order valence-corrected chi connectivity index (χ1v) is 8.37. The highest BCUT2D eigenvalue weighted by atomic mass is 16.5. The third-order valence-corrected chi connectivity index (χ3v) is 5.74. The third-order valence-electron chi connectivity index (χ3n) is 5.74. The molecule has 1 aliphatic carbocycles. The van der Waals surface area contributed by atoms with Crippen molar-refractivity contribution in [3.8, 4) is 0 Å². The second-order valence-corrected chi connectivity index (χ2v) is 7.39. The number of aryl methyl sites for hydroxylation is 2. The first-order chi connectivity index (χ1) is 9.93. The molecule has 0 amide bonds. The number of aliphatic hydroxyl groups is 1. The number of ether oxygens (including phenoxy) is 1. The summed E-state index contributed by atoms with van der Waals surface area (Å²) in [5.41, 5.74) is 2.82. The van der Waals surface area contributed by atoms with Gasteiger partial charge in [0.1, 0.15) is 0 Å². The SMILES string of the molecule is Cc1ccc(C)c(C(C)(O)C2CCOC3(CCCC3)C2)c1. The van der Waals surface area contributed by atoms with Gasteiger partial charge in [0.2, 0.25) is 0 Å². The van der Waals surface area contributed by atoms with Crippen molar-refractivity contribution >= 4 is 0 Å². The zero-order valence-electron chi connectivity index (χ0n) is 13.6. The molecule has 2 heteroatoms. The molecule has 1 saturated carbocycles. The van der Waals surface area contributed by atoms with Gasteiger partial charge in [0.05, 0.1) is 11.2 Å². The van der Waals surface area contributed by atoms with Crippen LogP contribution in [-0.2, 0) is 10.3 Å². The smallest absolute Gasteiger partial charge is 0.0901 e. The van der Waals surface area contributed by atoms with Crippen LogP contribution in [0.2, 0.25) is 0 Å². The molecule has 21 heavy (non-hydrogen) atoms. The molecule has 2 aliphatic rings. The van der Waals surface area contributed by atoms with E-state index in [0.717, 1.165) is 25.0 Å². The fourth-order valence-corrected chi connectivity index (χ4v) is 4.38. The van der Waals surface area contributed by atoms with Crippen LogP contribution in [0.4, 0.5) is 0 Å². The summed E-state index contributed by atoms with van der Waals surface area (Å²) in [6, 6.07) is 6.41. The second-order valence-electron chi connectivity index (χ2n) is 7.39. The molecule has 3 rings (SSSR count). The van der Waals surface area contributed by atoms with Crippen molar-refractivity contribution in [2.24, 2.45) is 5.92 Å². The van der Waals surface area contributed by atoms with Crippen LogP contribution < -0.4 is 0 Å². The van der Waals surface area contributed by atoms with Gasteiger partial charge in [0.25, 0.3) is 0 Å². The largest absolute Gasteiger partial charge is 0.385 e. The lowest BCUT2D eigenvalue weighted by molar-refractivity contribution is -0.138. The standard InChI is InChI=1S/C19H28O2/c1-14-6-7-15(2)17(12-14)18(3,20)16-8-11-21-19(13-16)9-4-5-10-19/h6-7,12,16,20H,4-5,8-11,13H2,1-3H3. The molecule has 0 aromatic heterocycles. The van der Waals surface area contributed by atoms with Gasteiger partial charge >= 0.3 is 0 Å². The summed E-state index contributed by atoms with van der Waals surface area (Å²) in [5, 5.41) is 11.3. The Morgan fingerprint density at radius 2 is 1.95 bits per heavy atom. The van der Waals surface area contributed by atoms with E-state index < -0.39 is 5.60 Å². The summed E-state index contributed by atoms with van der Waals surface area (Å²) in [6.45, 7) is 7.01. The quantitative estimate of drug-likeness (QED) is 0.881. The molecule has 1 spiro atoms. The summed E-state index contributed by atoms with van der Waals surface area (Å²) in [6.07, 6.45) is 6.87. The van der Waals surface area contributed by atoms with Gasteiger partial charge < -0.3 is 9.84 Å². The van der Waals surface area contributed by atoms with Crippen molar-refractivity contribution in [1.29, 1.82) is 0 Å². The minimum Gasteiger partial charge on any atom is -0.385 e. The van der Waals surface area contributed by atoms with Gasteiger partial charge in [-0.3, -0.25) is 0 Å². The molecule has 2 atom stereocenters. The Labute approximate surface area is 128 Å². The first kappa shape index (κ1) is 15.1. The molecule has 2 fully saturated rings. The van der Waals surface area contributed by atoms with Crippen LogP contribution >= 0.6 is 0 Å². The van der Waals surface area contributed by atoms with Crippen molar-refractivity contribution < 1.29 is 9.84 Å². The van der Waals surface area contributed by atoms with Gasteiger partial charge in [-0.25, -0.2) is 0 Å². The molecule has 1 N–H and O–H groups in total. The van der Waals surface area contributed by atoms with Crippen LogP contribution in [0.25, 0.3) is 0 Å². The van der Waals surface area contributed by atoms with Crippen LogP contribution in [0.1, 0.15) is 62.1 Å². The Morgan fingerprint density at radius 3 is 2.67 bits per heavy atom. The molecular formula is C19H28O2. The molecule has 1 heterocycles. The van der Waals surface area contributed by atoms with Crippen LogP contribution in [0.3, 0.4) is 0 Å². The molecule has 1 saturated heterocycles. The Kier molecular flexibility index (Phi) is 3.87. The average molecular weight is 288 g/mol. The van der Waals surface area contributed by atoms with Gasteiger partial charge in [0.15, 0.2) is 0 Å². The number of benzene rings is 1. The minimum absolute atomic E-state index is 0.0602. The summed E-state index contributed by atoms with van der Waals surface area (Å²) < 4.78 is 6.13. The molecule has 2 unspecified atom stereocenters. The van der Waals surface area contributed by atoms with Crippen LogP contribution in [0, 0.1) is 19.8 Å². The van der Waals surface area contributed by atoms with Crippen molar-refractivity contribution in [2.45, 2.75) is 70.5 Å². The maximum atomic E-state index is 11.3. The topological polar surface area (TPSA) is 29.5 Å². The number of rotatable bonds is 2. The fourth-order valence-electron chi connectivity index (χ4n) is 4.38. The van der Waals surface area contributed by atoms with E-state index in [1.54, 1.807) is 0 Å². The Balaban J connectivity index is 1.88. The molecular weight excluding hydrogens is 260 g/mol. The Bertz CT molecular complexity index is 512. The van der Waals surface area contributed by atoms with Crippen LogP contribution in [0.5, 0.6) is 0 Å². The zero-order chi connectivity index (χ0) is 15.1. The molecule has 0 bridgehead atoms. The van der Waals surface area contributed by atoms with E-state index >= 15 is 0 Å². The summed E-state index contributed by atoms with van der Waals surface area (Å²) >= 11 is 0. The highest BCUT2D eigenvalue weighted by molar-refractivity contribution is 5.35. The predicted octanol–water partition coefficient (Wildman–Crippen LogP) is 4.25. The van der Waals surface area contributed by atoms with Gasteiger partial charge in [-0.2, -0.15) is 0 Å². The summed E-state index contributed by atoms with van der Waals surface area (Å²) in [4.78, 5) is 0. The van der Waals surface area contributed by atoms with Crippen LogP contribution in [0.15, 0.2) is 18.2 Å². The molecule has 1 aromatic carbocycles. The zero-order valence-corrected chi connectivity index (χ0v) is 13.6. The number of hydrogen-bond donors (Lipinski definition) is 1. The summed E-state index contributed by atoms with van der Waals surface area (Å²) in [7, 11) is 0. The van der Waals surface area contributed by atoms with Gasteiger partial charge in [-0.05, 0) is 63.5 Å². The Hall–Kier alpha value is -0.860.